The van der Waals surface area contributed by atoms with E-state index in [-0.39, 0.29) is 24.4 Å². The molecule has 0 bridgehead atoms. The lowest BCUT2D eigenvalue weighted by Crippen LogP contribution is -2.34. The Balaban J connectivity index is 2.21. The van der Waals surface area contributed by atoms with E-state index in [0.717, 1.165) is 5.69 Å². The molecular formula is C17H16N4O2S. The molecule has 0 aliphatic rings. The summed E-state index contributed by atoms with van der Waals surface area (Å²) in [6.45, 7) is 0.354. The quantitative estimate of drug-likeness (QED) is 0.769. The number of pyridine rings is 1. The van der Waals surface area contributed by atoms with Crippen molar-refractivity contribution in [2.24, 2.45) is 0 Å². The van der Waals surface area contributed by atoms with Crippen molar-refractivity contribution in [3.63, 3.8) is 0 Å². The molecule has 1 aromatic heterocycles. The summed E-state index contributed by atoms with van der Waals surface area (Å²) < 4.78 is 26.8. The molecule has 0 N–H and O–H groups in total. The van der Waals surface area contributed by atoms with Gasteiger partial charge in [-0.05, 0) is 36.4 Å². The minimum absolute atomic E-state index is 0.109. The third-order valence-electron chi connectivity index (χ3n) is 3.44. The van der Waals surface area contributed by atoms with E-state index in [1.807, 2.05) is 24.3 Å². The zero-order chi connectivity index (χ0) is 17.4. The van der Waals surface area contributed by atoms with Crippen LogP contribution in [-0.4, -0.2) is 30.8 Å². The van der Waals surface area contributed by atoms with Crippen molar-refractivity contribution in [3.8, 4) is 12.1 Å². The summed E-state index contributed by atoms with van der Waals surface area (Å²) in [7, 11) is -3.72. The first-order valence-electron chi connectivity index (χ1n) is 7.35. The number of hydrogen-bond donors (Lipinski definition) is 0. The van der Waals surface area contributed by atoms with E-state index in [9.17, 15) is 8.42 Å². The summed E-state index contributed by atoms with van der Waals surface area (Å²) in [4.78, 5) is 4.30. The largest absolute Gasteiger partial charge is 0.261 e. The van der Waals surface area contributed by atoms with Gasteiger partial charge in [-0.2, -0.15) is 14.8 Å². The molecule has 0 saturated heterocycles. The molecule has 122 valence electrons. The van der Waals surface area contributed by atoms with Crippen LogP contribution in [0.5, 0.6) is 0 Å². The Hall–Kier alpha value is -2.74. The van der Waals surface area contributed by atoms with Gasteiger partial charge in [0.25, 0.3) is 0 Å². The maximum atomic E-state index is 12.8. The van der Waals surface area contributed by atoms with Gasteiger partial charge in [0.05, 0.1) is 22.6 Å². The Morgan fingerprint density at radius 2 is 1.79 bits per heavy atom. The third kappa shape index (κ3) is 4.39. The van der Waals surface area contributed by atoms with Crippen LogP contribution in [-0.2, 0) is 16.4 Å². The van der Waals surface area contributed by atoms with E-state index in [2.05, 4.69) is 4.98 Å². The van der Waals surface area contributed by atoms with Crippen LogP contribution >= 0.6 is 0 Å². The van der Waals surface area contributed by atoms with Crippen LogP contribution in [0, 0.1) is 22.7 Å². The summed E-state index contributed by atoms with van der Waals surface area (Å²) in [6.07, 6.45) is 2.23. The Morgan fingerprint density at radius 3 is 2.38 bits per heavy atom. The Kier molecular flexibility index (Phi) is 6.02. The number of benzene rings is 1. The monoisotopic (exact) mass is 340 g/mol. The molecule has 0 amide bonds. The average Bonchev–Trinajstić information content (AvgIpc) is 2.62. The van der Waals surface area contributed by atoms with E-state index < -0.39 is 10.0 Å². The lowest BCUT2D eigenvalue weighted by Gasteiger charge is -2.21. The number of aromatic nitrogens is 1. The van der Waals surface area contributed by atoms with Crippen molar-refractivity contribution < 1.29 is 8.42 Å². The van der Waals surface area contributed by atoms with Crippen molar-refractivity contribution in [1.82, 2.24) is 9.29 Å². The van der Waals surface area contributed by atoms with Crippen molar-refractivity contribution in [2.75, 3.05) is 13.1 Å². The van der Waals surface area contributed by atoms with Gasteiger partial charge in [-0.25, -0.2) is 8.42 Å². The first-order chi connectivity index (χ1) is 11.6. The molecule has 6 nitrogen and oxygen atoms in total. The summed E-state index contributed by atoms with van der Waals surface area (Å²) >= 11 is 0. The molecule has 0 aliphatic heterocycles. The first kappa shape index (κ1) is 17.6. The minimum Gasteiger partial charge on any atom is -0.261 e. The predicted octanol–water partition coefficient (Wildman–Crippen LogP) is 2.10. The second-order valence-corrected chi connectivity index (χ2v) is 6.96. The predicted molar refractivity (Wildman–Crippen MR) is 88.1 cm³/mol. The van der Waals surface area contributed by atoms with Gasteiger partial charge in [0, 0.05) is 37.8 Å². The van der Waals surface area contributed by atoms with Gasteiger partial charge in [0.15, 0.2) is 0 Å². The molecule has 1 aromatic carbocycles. The van der Waals surface area contributed by atoms with E-state index in [1.165, 1.54) is 28.6 Å². The average molecular weight is 340 g/mol. The fraction of sp³-hybridized carbons (Fsp3) is 0.235. The normalized spacial score (nSPS) is 11.0. The van der Waals surface area contributed by atoms with Gasteiger partial charge in [0.1, 0.15) is 0 Å². The van der Waals surface area contributed by atoms with Gasteiger partial charge >= 0.3 is 0 Å². The maximum absolute atomic E-state index is 12.8. The fourth-order valence-corrected chi connectivity index (χ4v) is 3.60. The maximum Gasteiger partial charge on any atom is 0.243 e. The summed E-state index contributed by atoms with van der Waals surface area (Å²) in [5.74, 6) is 0. The summed E-state index contributed by atoms with van der Waals surface area (Å²) in [5.41, 5.74) is 1.18. The SMILES string of the molecule is N#CCCN(CCc1ccccn1)S(=O)(=O)c1ccc(C#N)cc1. The van der Waals surface area contributed by atoms with Crippen molar-refractivity contribution in [2.45, 2.75) is 17.7 Å². The van der Waals surface area contributed by atoms with Gasteiger partial charge in [0.2, 0.25) is 10.0 Å². The number of rotatable bonds is 7. The molecule has 1 heterocycles. The van der Waals surface area contributed by atoms with Crippen molar-refractivity contribution in [3.05, 3.63) is 59.9 Å². The van der Waals surface area contributed by atoms with Crippen LogP contribution < -0.4 is 0 Å². The number of sulfonamides is 1. The lowest BCUT2D eigenvalue weighted by atomic mass is 10.2. The van der Waals surface area contributed by atoms with Crippen LogP contribution in [0.1, 0.15) is 17.7 Å². The lowest BCUT2D eigenvalue weighted by molar-refractivity contribution is 0.420. The molecule has 2 aromatic rings. The fourth-order valence-electron chi connectivity index (χ4n) is 2.16. The van der Waals surface area contributed by atoms with Crippen molar-refractivity contribution >= 4 is 10.0 Å². The summed E-state index contributed by atoms with van der Waals surface area (Å²) in [6, 6.07) is 15.2. The zero-order valence-electron chi connectivity index (χ0n) is 13.0. The van der Waals surface area contributed by atoms with Crippen molar-refractivity contribution in [1.29, 1.82) is 10.5 Å². The Morgan fingerprint density at radius 1 is 1.04 bits per heavy atom. The van der Waals surface area contributed by atoms with Crippen LogP contribution in [0.3, 0.4) is 0 Å². The first-order valence-corrected chi connectivity index (χ1v) is 8.79. The highest BCUT2D eigenvalue weighted by atomic mass is 32.2. The highest BCUT2D eigenvalue weighted by Gasteiger charge is 2.24. The molecule has 0 saturated carbocycles. The van der Waals surface area contributed by atoms with E-state index in [1.54, 1.807) is 12.3 Å². The van der Waals surface area contributed by atoms with Crippen LogP contribution in [0.15, 0.2) is 53.6 Å². The number of nitrogens with zero attached hydrogens (tertiary/aromatic N) is 4. The Labute approximate surface area is 141 Å². The molecule has 0 fully saturated rings. The third-order valence-corrected chi connectivity index (χ3v) is 5.35. The highest BCUT2D eigenvalue weighted by Crippen LogP contribution is 2.17. The second-order valence-electron chi connectivity index (χ2n) is 5.02. The van der Waals surface area contributed by atoms with Gasteiger partial charge in [-0.1, -0.05) is 6.07 Å². The van der Waals surface area contributed by atoms with Crippen LogP contribution in [0.2, 0.25) is 0 Å². The van der Waals surface area contributed by atoms with Crippen LogP contribution in [0.4, 0.5) is 0 Å². The standard InChI is InChI=1S/C17H16N4O2S/c18-10-3-12-21(13-9-16-4-1-2-11-20-16)24(22,23)17-7-5-15(14-19)6-8-17/h1-2,4-8,11H,3,9,12-13H2. The van der Waals surface area contributed by atoms with Gasteiger partial charge in [-0.15, -0.1) is 0 Å². The Bertz CT molecular complexity index is 850. The van der Waals surface area contributed by atoms with E-state index in [0.29, 0.717) is 12.0 Å². The minimum atomic E-state index is -3.72. The zero-order valence-corrected chi connectivity index (χ0v) is 13.8. The summed E-state index contributed by atoms with van der Waals surface area (Å²) in [5, 5.41) is 17.6. The molecule has 0 radical (unpaired) electrons. The van der Waals surface area contributed by atoms with Gasteiger partial charge < -0.3 is 0 Å². The van der Waals surface area contributed by atoms with Crippen LogP contribution in [0.25, 0.3) is 0 Å². The second kappa shape index (κ2) is 8.21. The number of nitriles is 2. The molecule has 0 unspecified atom stereocenters. The smallest absolute Gasteiger partial charge is 0.243 e. The highest BCUT2D eigenvalue weighted by molar-refractivity contribution is 7.89. The molecule has 24 heavy (non-hydrogen) atoms. The number of hydrogen-bond acceptors (Lipinski definition) is 5. The topological polar surface area (TPSA) is 97.8 Å². The molecule has 0 aliphatic carbocycles. The molecule has 0 spiro atoms. The molecular weight excluding hydrogens is 324 g/mol. The van der Waals surface area contributed by atoms with E-state index >= 15 is 0 Å². The molecule has 7 heteroatoms. The molecule has 0 atom stereocenters. The molecule has 2 rings (SSSR count). The van der Waals surface area contributed by atoms with Gasteiger partial charge in [-0.3, -0.25) is 4.98 Å². The van der Waals surface area contributed by atoms with E-state index in [4.69, 9.17) is 10.5 Å².